The molecule has 1 fully saturated rings. The van der Waals surface area contributed by atoms with Crippen molar-refractivity contribution in [2.45, 2.75) is 58.0 Å². The highest BCUT2D eigenvalue weighted by Gasteiger charge is 2.24. The Bertz CT molecular complexity index is 411. The predicted octanol–water partition coefficient (Wildman–Crippen LogP) is 4.41. The number of ether oxygens (including phenoxy) is 2. The Morgan fingerprint density at radius 3 is 2.55 bits per heavy atom. The fraction of sp³-hybridized carbons (Fsp3) is 0.588. The lowest BCUT2D eigenvalue weighted by molar-refractivity contribution is -0.141. The number of hydrogen-bond donors (Lipinski definition) is 0. The van der Waals surface area contributed by atoms with Crippen molar-refractivity contribution in [3.8, 4) is 5.75 Å². The van der Waals surface area contributed by atoms with Gasteiger partial charge in [-0.1, -0.05) is 44.7 Å². The first-order chi connectivity index (χ1) is 9.79. The maximum atomic E-state index is 11.1. The molecule has 2 rings (SSSR count). The van der Waals surface area contributed by atoms with E-state index in [-0.39, 0.29) is 12.1 Å². The SMILES string of the molecule is CCCCCCCOc1ccc([C@@H]2CCC(=O)O2)cc1. The first kappa shape index (κ1) is 14.9. The van der Waals surface area contributed by atoms with Gasteiger partial charge in [0.1, 0.15) is 11.9 Å². The quantitative estimate of drug-likeness (QED) is 0.521. The van der Waals surface area contributed by atoms with E-state index in [4.69, 9.17) is 9.47 Å². The van der Waals surface area contributed by atoms with Gasteiger partial charge in [-0.3, -0.25) is 4.79 Å². The molecule has 1 aromatic carbocycles. The molecule has 3 nitrogen and oxygen atoms in total. The van der Waals surface area contributed by atoms with Crippen LogP contribution in [0.3, 0.4) is 0 Å². The van der Waals surface area contributed by atoms with E-state index in [0.717, 1.165) is 30.8 Å². The van der Waals surface area contributed by atoms with Gasteiger partial charge in [0.05, 0.1) is 6.61 Å². The van der Waals surface area contributed by atoms with E-state index in [1.165, 1.54) is 25.7 Å². The van der Waals surface area contributed by atoms with Gasteiger partial charge in [-0.15, -0.1) is 0 Å². The molecular formula is C17H24O3. The van der Waals surface area contributed by atoms with Crippen LogP contribution in [0.15, 0.2) is 24.3 Å². The third kappa shape index (κ3) is 4.55. The molecule has 1 atom stereocenters. The Morgan fingerprint density at radius 1 is 1.15 bits per heavy atom. The largest absolute Gasteiger partial charge is 0.494 e. The van der Waals surface area contributed by atoms with Crippen molar-refractivity contribution < 1.29 is 14.3 Å². The number of esters is 1. The summed E-state index contributed by atoms with van der Waals surface area (Å²) >= 11 is 0. The fourth-order valence-corrected chi connectivity index (χ4v) is 2.43. The maximum Gasteiger partial charge on any atom is 0.306 e. The van der Waals surface area contributed by atoms with Gasteiger partial charge in [0, 0.05) is 6.42 Å². The summed E-state index contributed by atoms with van der Waals surface area (Å²) in [5.41, 5.74) is 1.06. The highest BCUT2D eigenvalue weighted by atomic mass is 16.5. The zero-order chi connectivity index (χ0) is 14.2. The molecule has 1 saturated heterocycles. The van der Waals surface area contributed by atoms with Crippen molar-refractivity contribution in [1.29, 1.82) is 0 Å². The summed E-state index contributed by atoms with van der Waals surface area (Å²) in [6, 6.07) is 7.92. The van der Waals surface area contributed by atoms with E-state index in [2.05, 4.69) is 6.92 Å². The molecule has 110 valence electrons. The van der Waals surface area contributed by atoms with E-state index in [1.54, 1.807) is 0 Å². The van der Waals surface area contributed by atoms with Crippen LogP contribution in [0.2, 0.25) is 0 Å². The predicted molar refractivity (Wildman–Crippen MR) is 78.8 cm³/mol. The van der Waals surface area contributed by atoms with Crippen molar-refractivity contribution in [2.75, 3.05) is 6.61 Å². The Kier molecular flexibility index (Phi) is 5.90. The lowest BCUT2D eigenvalue weighted by Gasteiger charge is -2.11. The number of carbonyl (C=O) groups excluding carboxylic acids is 1. The van der Waals surface area contributed by atoms with Crippen LogP contribution < -0.4 is 4.74 Å². The summed E-state index contributed by atoms with van der Waals surface area (Å²) in [6.07, 6.45) is 7.49. The highest BCUT2D eigenvalue weighted by molar-refractivity contribution is 5.71. The molecule has 0 aromatic heterocycles. The number of unbranched alkanes of at least 4 members (excludes halogenated alkanes) is 4. The molecule has 0 amide bonds. The normalized spacial score (nSPS) is 18.1. The van der Waals surface area contributed by atoms with Gasteiger partial charge in [-0.05, 0) is 30.5 Å². The van der Waals surface area contributed by atoms with Gasteiger partial charge >= 0.3 is 5.97 Å². The minimum atomic E-state index is -0.0950. The molecule has 1 aromatic rings. The lowest BCUT2D eigenvalue weighted by Crippen LogP contribution is -2.00. The van der Waals surface area contributed by atoms with Crippen LogP contribution >= 0.6 is 0 Å². The second-order valence-corrected chi connectivity index (χ2v) is 5.35. The first-order valence-corrected chi connectivity index (χ1v) is 7.72. The highest BCUT2D eigenvalue weighted by Crippen LogP contribution is 2.30. The maximum absolute atomic E-state index is 11.1. The number of hydrogen-bond acceptors (Lipinski definition) is 3. The molecular weight excluding hydrogens is 252 g/mol. The minimum absolute atomic E-state index is 0.0643. The second-order valence-electron chi connectivity index (χ2n) is 5.35. The van der Waals surface area contributed by atoms with Crippen LogP contribution in [0.1, 0.15) is 63.5 Å². The van der Waals surface area contributed by atoms with Crippen LogP contribution in [-0.4, -0.2) is 12.6 Å². The van der Waals surface area contributed by atoms with Crippen LogP contribution in [-0.2, 0) is 9.53 Å². The molecule has 1 aliphatic rings. The molecule has 0 aliphatic carbocycles. The number of carbonyl (C=O) groups is 1. The molecule has 0 bridgehead atoms. The van der Waals surface area contributed by atoms with E-state index in [0.29, 0.717) is 6.42 Å². The monoisotopic (exact) mass is 276 g/mol. The molecule has 1 aliphatic heterocycles. The molecule has 0 unspecified atom stereocenters. The standard InChI is InChI=1S/C17H24O3/c1-2-3-4-5-6-13-19-15-9-7-14(8-10-15)16-11-12-17(18)20-16/h7-10,16H,2-6,11-13H2,1H3/t16-/m0/s1. The molecule has 1 heterocycles. The van der Waals surface area contributed by atoms with E-state index >= 15 is 0 Å². The second kappa shape index (κ2) is 7.93. The molecule has 0 spiro atoms. The van der Waals surface area contributed by atoms with Crippen molar-refractivity contribution in [3.63, 3.8) is 0 Å². The number of cyclic esters (lactones) is 1. The van der Waals surface area contributed by atoms with Gasteiger partial charge in [0.2, 0.25) is 0 Å². The molecule has 0 saturated carbocycles. The zero-order valence-electron chi connectivity index (χ0n) is 12.3. The third-order valence-electron chi connectivity index (χ3n) is 3.65. The summed E-state index contributed by atoms with van der Waals surface area (Å²) in [5.74, 6) is 0.802. The number of rotatable bonds is 8. The van der Waals surface area contributed by atoms with E-state index in [1.807, 2.05) is 24.3 Å². The van der Waals surface area contributed by atoms with Crippen molar-refractivity contribution in [2.24, 2.45) is 0 Å². The topological polar surface area (TPSA) is 35.5 Å². The average molecular weight is 276 g/mol. The molecule has 0 N–H and O–H groups in total. The van der Waals surface area contributed by atoms with Crippen molar-refractivity contribution >= 4 is 5.97 Å². The van der Waals surface area contributed by atoms with Crippen molar-refractivity contribution in [3.05, 3.63) is 29.8 Å². The Hall–Kier alpha value is -1.51. The van der Waals surface area contributed by atoms with Crippen molar-refractivity contribution in [1.82, 2.24) is 0 Å². The Morgan fingerprint density at radius 2 is 1.90 bits per heavy atom. The van der Waals surface area contributed by atoms with Gasteiger partial charge in [-0.2, -0.15) is 0 Å². The molecule has 3 heteroatoms. The Labute approximate surface area is 121 Å². The van der Waals surface area contributed by atoms with Crippen LogP contribution in [0, 0.1) is 0 Å². The lowest BCUT2D eigenvalue weighted by atomic mass is 10.1. The zero-order valence-corrected chi connectivity index (χ0v) is 12.3. The minimum Gasteiger partial charge on any atom is -0.494 e. The van der Waals surface area contributed by atoms with E-state index < -0.39 is 0 Å². The summed E-state index contributed by atoms with van der Waals surface area (Å²) < 4.78 is 11.0. The van der Waals surface area contributed by atoms with E-state index in [9.17, 15) is 4.79 Å². The molecule has 20 heavy (non-hydrogen) atoms. The summed E-state index contributed by atoms with van der Waals surface area (Å²) in [6.45, 7) is 3.00. The van der Waals surface area contributed by atoms with Gasteiger partial charge in [0.25, 0.3) is 0 Å². The molecule has 0 radical (unpaired) electrons. The summed E-state index contributed by atoms with van der Waals surface area (Å²) in [4.78, 5) is 11.1. The third-order valence-corrected chi connectivity index (χ3v) is 3.65. The van der Waals surface area contributed by atoms with Crippen LogP contribution in [0.5, 0.6) is 5.75 Å². The van der Waals surface area contributed by atoms with Gasteiger partial charge in [-0.25, -0.2) is 0 Å². The Balaban J connectivity index is 1.70. The van der Waals surface area contributed by atoms with Crippen LogP contribution in [0.25, 0.3) is 0 Å². The first-order valence-electron chi connectivity index (χ1n) is 7.72. The smallest absolute Gasteiger partial charge is 0.306 e. The van der Waals surface area contributed by atoms with Crippen LogP contribution in [0.4, 0.5) is 0 Å². The number of benzene rings is 1. The fourth-order valence-electron chi connectivity index (χ4n) is 2.43. The van der Waals surface area contributed by atoms with Gasteiger partial charge < -0.3 is 9.47 Å². The average Bonchev–Trinajstić information content (AvgIpc) is 2.90. The summed E-state index contributed by atoms with van der Waals surface area (Å²) in [7, 11) is 0. The van der Waals surface area contributed by atoms with Gasteiger partial charge in [0.15, 0.2) is 0 Å². The summed E-state index contributed by atoms with van der Waals surface area (Å²) in [5, 5.41) is 0.